The number of carbonyl (C=O) groups is 1. The second-order valence-electron chi connectivity index (χ2n) is 5.04. The summed E-state index contributed by atoms with van der Waals surface area (Å²) in [5.74, 6) is -0.439. The average Bonchev–Trinajstić information content (AvgIpc) is 3.02. The Balaban J connectivity index is 1.89. The molecule has 25 heavy (non-hydrogen) atoms. The van der Waals surface area contributed by atoms with E-state index in [9.17, 15) is 4.79 Å². The Bertz CT molecular complexity index is 938. The summed E-state index contributed by atoms with van der Waals surface area (Å²) in [6.07, 6.45) is 3.10. The topological polar surface area (TPSA) is 104 Å². The molecule has 2 heterocycles. The number of amidine groups is 1. The predicted octanol–water partition coefficient (Wildman–Crippen LogP) is 3.18. The van der Waals surface area contributed by atoms with Gasteiger partial charge in [-0.1, -0.05) is 40.1 Å². The first-order chi connectivity index (χ1) is 12.1. The van der Waals surface area contributed by atoms with Gasteiger partial charge in [0.05, 0.1) is 5.02 Å². The zero-order valence-electron chi connectivity index (χ0n) is 13.1. The molecule has 8 heteroatoms. The lowest BCUT2D eigenvalue weighted by Gasteiger charge is -2.03. The van der Waals surface area contributed by atoms with E-state index in [4.69, 9.17) is 26.7 Å². The van der Waals surface area contributed by atoms with Crippen molar-refractivity contribution in [1.82, 2.24) is 10.1 Å². The highest BCUT2D eigenvalue weighted by atomic mass is 35.5. The standard InChI is InChI=1S/C17H13ClN4O3/c1-10-14(15(21-24-10)12-6-2-3-7-13(12)18)17(23)25-22-16(19)11-5-4-8-20-9-11/h2-9H,1H3,(H2,19,22). The molecule has 0 aliphatic heterocycles. The molecule has 0 unspecified atom stereocenters. The maximum Gasteiger partial charge on any atom is 0.371 e. The van der Waals surface area contributed by atoms with Crippen LogP contribution < -0.4 is 5.73 Å². The number of halogens is 1. The van der Waals surface area contributed by atoms with Crippen LogP contribution in [0.3, 0.4) is 0 Å². The monoisotopic (exact) mass is 356 g/mol. The Kier molecular flexibility index (Phi) is 4.76. The number of oxime groups is 1. The highest BCUT2D eigenvalue weighted by Gasteiger charge is 2.24. The first-order valence-corrected chi connectivity index (χ1v) is 7.62. The Morgan fingerprint density at radius 1 is 1.28 bits per heavy atom. The van der Waals surface area contributed by atoms with E-state index < -0.39 is 5.97 Å². The Hall–Kier alpha value is -3.19. The normalized spacial score (nSPS) is 11.4. The van der Waals surface area contributed by atoms with Gasteiger partial charge in [-0.3, -0.25) is 4.98 Å². The molecule has 0 atom stereocenters. The number of hydrogen-bond acceptors (Lipinski definition) is 6. The Morgan fingerprint density at radius 2 is 2.08 bits per heavy atom. The highest BCUT2D eigenvalue weighted by molar-refractivity contribution is 6.33. The predicted molar refractivity (Wildman–Crippen MR) is 92.1 cm³/mol. The van der Waals surface area contributed by atoms with E-state index in [2.05, 4.69) is 15.3 Å². The number of carbonyl (C=O) groups excluding carboxylic acids is 1. The molecule has 0 aliphatic rings. The number of nitrogens with zero attached hydrogens (tertiary/aromatic N) is 3. The number of nitrogens with two attached hydrogens (primary N) is 1. The summed E-state index contributed by atoms with van der Waals surface area (Å²) in [7, 11) is 0. The molecule has 0 bridgehead atoms. The maximum absolute atomic E-state index is 12.4. The summed E-state index contributed by atoms with van der Waals surface area (Å²) in [4.78, 5) is 21.3. The van der Waals surface area contributed by atoms with Gasteiger partial charge < -0.3 is 15.1 Å². The molecular formula is C17H13ClN4O3. The van der Waals surface area contributed by atoms with Gasteiger partial charge in [-0.25, -0.2) is 4.79 Å². The smallest absolute Gasteiger partial charge is 0.371 e. The van der Waals surface area contributed by atoms with Crippen molar-refractivity contribution in [3.8, 4) is 11.3 Å². The van der Waals surface area contributed by atoms with Crippen LogP contribution in [0.2, 0.25) is 5.02 Å². The van der Waals surface area contributed by atoms with E-state index in [1.165, 1.54) is 6.20 Å². The summed E-state index contributed by atoms with van der Waals surface area (Å²) < 4.78 is 5.12. The average molecular weight is 357 g/mol. The largest absolute Gasteiger partial charge is 0.380 e. The fraction of sp³-hybridized carbons (Fsp3) is 0.0588. The summed E-state index contributed by atoms with van der Waals surface area (Å²) in [5.41, 5.74) is 7.28. The van der Waals surface area contributed by atoms with Crippen LogP contribution in [0.1, 0.15) is 21.7 Å². The molecule has 0 amide bonds. The molecule has 3 aromatic rings. The van der Waals surface area contributed by atoms with Crippen LogP contribution in [0.4, 0.5) is 0 Å². The van der Waals surface area contributed by atoms with Crippen molar-refractivity contribution in [2.45, 2.75) is 6.92 Å². The third-order valence-corrected chi connectivity index (χ3v) is 3.71. The zero-order chi connectivity index (χ0) is 17.8. The molecule has 126 valence electrons. The Morgan fingerprint density at radius 3 is 2.80 bits per heavy atom. The van der Waals surface area contributed by atoms with Crippen molar-refractivity contribution in [2.24, 2.45) is 10.9 Å². The minimum Gasteiger partial charge on any atom is -0.380 e. The van der Waals surface area contributed by atoms with Crippen molar-refractivity contribution in [3.63, 3.8) is 0 Å². The van der Waals surface area contributed by atoms with E-state index >= 15 is 0 Å². The number of pyridine rings is 1. The third-order valence-electron chi connectivity index (χ3n) is 3.38. The number of benzene rings is 1. The lowest BCUT2D eigenvalue weighted by atomic mass is 10.1. The maximum atomic E-state index is 12.4. The summed E-state index contributed by atoms with van der Waals surface area (Å²) in [6, 6.07) is 10.4. The van der Waals surface area contributed by atoms with Crippen LogP contribution >= 0.6 is 11.6 Å². The van der Waals surface area contributed by atoms with Gasteiger partial charge in [0.15, 0.2) is 5.84 Å². The fourth-order valence-corrected chi connectivity index (χ4v) is 2.38. The van der Waals surface area contributed by atoms with E-state index in [0.29, 0.717) is 16.1 Å². The molecular weight excluding hydrogens is 344 g/mol. The molecule has 1 aromatic carbocycles. The van der Waals surface area contributed by atoms with Crippen molar-refractivity contribution >= 4 is 23.4 Å². The molecule has 0 aliphatic carbocycles. The molecule has 0 fully saturated rings. The number of hydrogen-bond donors (Lipinski definition) is 1. The lowest BCUT2D eigenvalue weighted by Crippen LogP contribution is -2.15. The molecule has 2 N–H and O–H groups in total. The first kappa shape index (κ1) is 16.7. The fourth-order valence-electron chi connectivity index (χ4n) is 2.15. The lowest BCUT2D eigenvalue weighted by molar-refractivity contribution is 0.0515. The van der Waals surface area contributed by atoms with Crippen LogP contribution in [0, 0.1) is 6.92 Å². The van der Waals surface area contributed by atoms with E-state index in [0.717, 1.165) is 0 Å². The summed E-state index contributed by atoms with van der Waals surface area (Å²) in [6.45, 7) is 1.60. The second-order valence-corrected chi connectivity index (χ2v) is 5.45. The summed E-state index contributed by atoms with van der Waals surface area (Å²) in [5, 5.41) is 7.99. The zero-order valence-corrected chi connectivity index (χ0v) is 13.9. The van der Waals surface area contributed by atoms with Crippen LogP contribution in [0.25, 0.3) is 11.3 Å². The van der Waals surface area contributed by atoms with Gasteiger partial charge in [-0.05, 0) is 25.1 Å². The van der Waals surface area contributed by atoms with Crippen molar-refractivity contribution < 1.29 is 14.2 Å². The molecule has 0 saturated heterocycles. The van der Waals surface area contributed by atoms with Crippen LogP contribution in [0.5, 0.6) is 0 Å². The summed E-state index contributed by atoms with van der Waals surface area (Å²) >= 11 is 6.16. The molecule has 0 saturated carbocycles. The van der Waals surface area contributed by atoms with Crippen molar-refractivity contribution in [2.75, 3.05) is 0 Å². The highest BCUT2D eigenvalue weighted by Crippen LogP contribution is 2.31. The minimum absolute atomic E-state index is 0.0230. The quantitative estimate of drug-likeness (QED) is 0.333. The van der Waals surface area contributed by atoms with Crippen LogP contribution in [0.15, 0.2) is 58.5 Å². The van der Waals surface area contributed by atoms with Gasteiger partial charge in [-0.2, -0.15) is 0 Å². The van der Waals surface area contributed by atoms with Gasteiger partial charge >= 0.3 is 5.97 Å². The van der Waals surface area contributed by atoms with Gasteiger partial charge in [0, 0.05) is 23.5 Å². The van der Waals surface area contributed by atoms with Gasteiger partial charge in [0.25, 0.3) is 0 Å². The van der Waals surface area contributed by atoms with Crippen LogP contribution in [-0.4, -0.2) is 21.9 Å². The number of aryl methyl sites for hydroxylation is 1. The minimum atomic E-state index is -0.750. The molecule has 3 rings (SSSR count). The number of aromatic nitrogens is 2. The van der Waals surface area contributed by atoms with Gasteiger partial charge in [0.2, 0.25) is 0 Å². The molecule has 0 spiro atoms. The first-order valence-electron chi connectivity index (χ1n) is 7.24. The number of rotatable bonds is 4. The SMILES string of the molecule is Cc1onc(-c2ccccc2Cl)c1C(=O)O/N=C(/N)c1cccnc1. The third kappa shape index (κ3) is 3.51. The molecule has 2 aromatic heterocycles. The van der Waals surface area contributed by atoms with Gasteiger partial charge in [-0.15, -0.1) is 0 Å². The van der Waals surface area contributed by atoms with Gasteiger partial charge in [0.1, 0.15) is 17.0 Å². The second kappa shape index (κ2) is 7.14. The van der Waals surface area contributed by atoms with Crippen molar-refractivity contribution in [1.29, 1.82) is 0 Å². The molecule has 7 nitrogen and oxygen atoms in total. The van der Waals surface area contributed by atoms with Crippen LogP contribution in [-0.2, 0) is 4.84 Å². The van der Waals surface area contributed by atoms with E-state index in [1.807, 2.05) is 0 Å². The van der Waals surface area contributed by atoms with E-state index in [1.54, 1.807) is 49.5 Å². The Labute approximate surface area is 148 Å². The van der Waals surface area contributed by atoms with Crippen molar-refractivity contribution in [3.05, 3.63) is 70.7 Å². The molecule has 0 radical (unpaired) electrons. The van der Waals surface area contributed by atoms with E-state index in [-0.39, 0.29) is 22.9 Å².